The number of nitro benzene ring substituents is 2. The molecule has 10 nitrogen and oxygen atoms in total. The van der Waals surface area contributed by atoms with Crippen molar-refractivity contribution in [2.75, 3.05) is 0 Å². The molecule has 0 N–H and O–H groups in total. The van der Waals surface area contributed by atoms with Crippen LogP contribution in [0.5, 0.6) is 5.75 Å². The minimum absolute atomic E-state index is 0.0116. The molecule has 3 aromatic rings. The molecule has 0 bridgehead atoms. The Morgan fingerprint density at radius 2 is 1.72 bits per heavy atom. The quantitative estimate of drug-likeness (QED) is 0.132. The van der Waals surface area contributed by atoms with Gasteiger partial charge in [-0.05, 0) is 74.2 Å². The summed E-state index contributed by atoms with van der Waals surface area (Å²) < 4.78 is 12.2. The number of nitrogens with zero attached hydrogens (tertiary/aromatic N) is 3. The summed E-state index contributed by atoms with van der Waals surface area (Å²) >= 11 is 6.89. The van der Waals surface area contributed by atoms with Crippen LogP contribution in [0.3, 0.4) is 0 Å². The van der Waals surface area contributed by atoms with Crippen LogP contribution in [0.2, 0.25) is 0 Å². The molecular formula is C24H15Br2N3O7. The highest BCUT2D eigenvalue weighted by Crippen LogP contribution is 2.36. The van der Waals surface area contributed by atoms with Gasteiger partial charge in [0.05, 0.1) is 18.8 Å². The highest BCUT2D eigenvalue weighted by molar-refractivity contribution is 9.11. The number of nitro groups is 2. The zero-order valence-corrected chi connectivity index (χ0v) is 21.6. The largest absolute Gasteiger partial charge is 0.487 e. The van der Waals surface area contributed by atoms with Crippen LogP contribution >= 0.6 is 31.9 Å². The maximum Gasteiger partial charge on any atom is 0.363 e. The summed E-state index contributed by atoms with van der Waals surface area (Å²) in [6.07, 6.45) is 1.52. The zero-order valence-electron chi connectivity index (χ0n) is 18.4. The molecule has 0 amide bonds. The lowest BCUT2D eigenvalue weighted by Crippen LogP contribution is -2.08. The van der Waals surface area contributed by atoms with E-state index in [0.717, 1.165) is 0 Å². The molecule has 0 radical (unpaired) electrons. The summed E-state index contributed by atoms with van der Waals surface area (Å²) in [7, 11) is 0. The minimum Gasteiger partial charge on any atom is -0.487 e. The van der Waals surface area contributed by atoms with Crippen LogP contribution in [0.1, 0.15) is 22.3 Å². The molecule has 36 heavy (non-hydrogen) atoms. The topological polar surface area (TPSA) is 134 Å². The zero-order chi connectivity index (χ0) is 26.0. The summed E-state index contributed by atoms with van der Waals surface area (Å²) in [6.45, 7) is 1.66. The van der Waals surface area contributed by atoms with Crippen LogP contribution in [0, 0.1) is 27.2 Å². The summed E-state index contributed by atoms with van der Waals surface area (Å²) in [4.78, 5) is 37.9. The maximum absolute atomic E-state index is 12.4. The second kappa shape index (κ2) is 10.4. The van der Waals surface area contributed by atoms with Crippen molar-refractivity contribution < 1.29 is 24.1 Å². The highest BCUT2D eigenvalue weighted by atomic mass is 79.9. The first-order valence-corrected chi connectivity index (χ1v) is 11.8. The van der Waals surface area contributed by atoms with Gasteiger partial charge in [-0.3, -0.25) is 20.2 Å². The van der Waals surface area contributed by atoms with Crippen molar-refractivity contribution in [3.8, 4) is 5.75 Å². The van der Waals surface area contributed by atoms with E-state index in [1.807, 2.05) is 0 Å². The van der Waals surface area contributed by atoms with Gasteiger partial charge in [0.25, 0.3) is 11.4 Å². The Morgan fingerprint density at radius 1 is 1.03 bits per heavy atom. The average molecular weight is 617 g/mol. The van der Waals surface area contributed by atoms with E-state index in [4.69, 9.17) is 9.47 Å². The molecule has 182 valence electrons. The standard InChI is InChI=1S/C24H15Br2N3O7/c1-13-17(6-3-7-21(13)29(33)34)23-27-20(24(30)36-23)11-15-9-18(25)22(19(26)10-15)35-12-14-4-2-5-16(8-14)28(31)32/h2-11H,12H2,1H3/b20-11-. The molecule has 0 saturated heterocycles. The van der Waals surface area contributed by atoms with Gasteiger partial charge in [-0.25, -0.2) is 9.79 Å². The first-order chi connectivity index (χ1) is 17.1. The molecule has 0 fully saturated rings. The number of cyclic esters (lactones) is 1. The number of rotatable bonds is 7. The molecule has 0 unspecified atom stereocenters. The van der Waals surface area contributed by atoms with E-state index in [9.17, 15) is 25.0 Å². The lowest BCUT2D eigenvalue weighted by atomic mass is 10.1. The Bertz CT molecular complexity index is 1460. The Labute approximate surface area is 220 Å². The van der Waals surface area contributed by atoms with E-state index >= 15 is 0 Å². The third-order valence-electron chi connectivity index (χ3n) is 5.18. The molecule has 0 atom stereocenters. The molecule has 1 aliphatic rings. The van der Waals surface area contributed by atoms with E-state index in [0.29, 0.717) is 36.9 Å². The fourth-order valence-corrected chi connectivity index (χ4v) is 4.90. The third-order valence-corrected chi connectivity index (χ3v) is 6.36. The van der Waals surface area contributed by atoms with Crippen LogP contribution in [-0.2, 0) is 16.1 Å². The molecule has 4 rings (SSSR count). The Balaban J connectivity index is 1.57. The predicted molar refractivity (Wildman–Crippen MR) is 138 cm³/mol. The lowest BCUT2D eigenvalue weighted by Gasteiger charge is -2.11. The number of esters is 1. The number of halogens is 2. The molecule has 0 aromatic heterocycles. The van der Waals surface area contributed by atoms with Crippen LogP contribution in [-0.4, -0.2) is 21.7 Å². The lowest BCUT2D eigenvalue weighted by molar-refractivity contribution is -0.385. The van der Waals surface area contributed by atoms with Gasteiger partial charge in [-0.15, -0.1) is 0 Å². The van der Waals surface area contributed by atoms with Crippen molar-refractivity contribution in [2.45, 2.75) is 13.5 Å². The number of carbonyl (C=O) groups excluding carboxylic acids is 1. The van der Waals surface area contributed by atoms with E-state index in [2.05, 4.69) is 36.9 Å². The second-order valence-corrected chi connectivity index (χ2v) is 9.28. The second-order valence-electron chi connectivity index (χ2n) is 7.57. The Hall–Kier alpha value is -3.90. The van der Waals surface area contributed by atoms with Crippen LogP contribution in [0.4, 0.5) is 11.4 Å². The number of hydrogen-bond acceptors (Lipinski definition) is 8. The fraction of sp³-hybridized carbons (Fsp3) is 0.0833. The van der Waals surface area contributed by atoms with Crippen molar-refractivity contribution in [2.24, 2.45) is 4.99 Å². The molecule has 3 aromatic carbocycles. The van der Waals surface area contributed by atoms with Gasteiger partial charge >= 0.3 is 5.97 Å². The SMILES string of the molecule is Cc1c(C2=N/C(=C\c3cc(Br)c(OCc4cccc([N+](=O)[O-])c4)c(Br)c3)C(=O)O2)cccc1[N+](=O)[O-]. The molecule has 1 aliphatic heterocycles. The summed E-state index contributed by atoms with van der Waals surface area (Å²) in [5, 5.41) is 22.2. The summed E-state index contributed by atoms with van der Waals surface area (Å²) in [5.74, 6) is -0.231. The first-order valence-electron chi connectivity index (χ1n) is 10.3. The number of aliphatic imine (C=N–C) groups is 1. The van der Waals surface area contributed by atoms with Crippen molar-refractivity contribution in [3.05, 3.63) is 112 Å². The van der Waals surface area contributed by atoms with Gasteiger partial charge in [0.1, 0.15) is 12.4 Å². The van der Waals surface area contributed by atoms with Crippen molar-refractivity contribution >= 4 is 61.2 Å². The van der Waals surface area contributed by atoms with Crippen molar-refractivity contribution in [1.29, 1.82) is 0 Å². The van der Waals surface area contributed by atoms with Crippen LogP contribution < -0.4 is 4.74 Å². The number of non-ortho nitro benzene ring substituents is 1. The smallest absolute Gasteiger partial charge is 0.363 e. The maximum atomic E-state index is 12.4. The molecule has 0 spiro atoms. The van der Waals surface area contributed by atoms with E-state index in [1.165, 1.54) is 30.3 Å². The van der Waals surface area contributed by atoms with E-state index in [-0.39, 0.29) is 29.6 Å². The van der Waals surface area contributed by atoms with Crippen molar-refractivity contribution in [3.63, 3.8) is 0 Å². The third kappa shape index (κ3) is 5.34. The number of hydrogen-bond donors (Lipinski definition) is 0. The van der Waals surface area contributed by atoms with E-state index in [1.54, 1.807) is 37.3 Å². The number of carbonyl (C=O) groups is 1. The minimum atomic E-state index is -0.686. The number of benzene rings is 3. The number of ether oxygens (including phenoxy) is 2. The van der Waals surface area contributed by atoms with Gasteiger partial charge in [0.2, 0.25) is 5.90 Å². The van der Waals surface area contributed by atoms with Gasteiger partial charge in [-0.1, -0.05) is 18.2 Å². The van der Waals surface area contributed by atoms with E-state index < -0.39 is 15.8 Å². The van der Waals surface area contributed by atoms with Crippen LogP contribution in [0.25, 0.3) is 6.08 Å². The highest BCUT2D eigenvalue weighted by Gasteiger charge is 2.27. The fourth-order valence-electron chi connectivity index (χ4n) is 3.45. The van der Waals surface area contributed by atoms with Gasteiger partial charge in [0, 0.05) is 29.3 Å². The summed E-state index contributed by atoms with van der Waals surface area (Å²) in [5.41, 5.74) is 1.82. The molecule has 0 saturated carbocycles. The molecule has 12 heteroatoms. The Kier molecular flexibility index (Phi) is 7.27. The van der Waals surface area contributed by atoms with Gasteiger partial charge < -0.3 is 9.47 Å². The molecule has 0 aliphatic carbocycles. The van der Waals surface area contributed by atoms with Gasteiger partial charge in [0.15, 0.2) is 5.70 Å². The van der Waals surface area contributed by atoms with Gasteiger partial charge in [-0.2, -0.15) is 0 Å². The van der Waals surface area contributed by atoms with Crippen LogP contribution in [0.15, 0.2) is 74.2 Å². The molecule has 1 heterocycles. The monoisotopic (exact) mass is 615 g/mol. The summed E-state index contributed by atoms with van der Waals surface area (Å²) in [6, 6.07) is 14.0. The normalized spacial score (nSPS) is 13.9. The molecular weight excluding hydrogens is 602 g/mol. The Morgan fingerprint density at radius 3 is 2.39 bits per heavy atom. The predicted octanol–water partition coefficient (Wildman–Crippen LogP) is 6.26. The average Bonchev–Trinajstić information content (AvgIpc) is 3.18. The van der Waals surface area contributed by atoms with Crippen molar-refractivity contribution in [1.82, 2.24) is 0 Å². The first kappa shape index (κ1) is 25.2.